The quantitative estimate of drug-likeness (QED) is 0.518. The first-order valence-electron chi connectivity index (χ1n) is 4.85. The first-order chi connectivity index (χ1) is 8.64. The van der Waals surface area contributed by atoms with E-state index < -0.39 is 11.9 Å². The van der Waals surface area contributed by atoms with Crippen LogP contribution in [0.15, 0.2) is 6.07 Å². The van der Waals surface area contributed by atoms with E-state index in [0.717, 1.165) is 0 Å². The largest absolute Gasteiger partial charge is 0.433 e. The van der Waals surface area contributed by atoms with Crippen LogP contribution in [0, 0.1) is 6.92 Å². The zero-order chi connectivity index (χ0) is 14.5. The molecule has 0 radical (unpaired) electrons. The highest BCUT2D eigenvalue weighted by atomic mass is 35.5. The highest BCUT2D eigenvalue weighted by Gasteiger charge is 2.36. The van der Waals surface area contributed by atoms with Crippen molar-refractivity contribution < 1.29 is 13.2 Å². The topological polar surface area (TPSA) is 12.9 Å². The van der Waals surface area contributed by atoms with Gasteiger partial charge in [-0.15, -0.1) is 0 Å². The van der Waals surface area contributed by atoms with Crippen LogP contribution in [0.5, 0.6) is 0 Å². The second kappa shape index (κ2) is 4.85. The fourth-order valence-corrected chi connectivity index (χ4v) is 2.72. The predicted molar refractivity (Wildman–Crippen MR) is 71.5 cm³/mol. The van der Waals surface area contributed by atoms with Gasteiger partial charge in [0.15, 0.2) is 0 Å². The number of aromatic nitrogens is 1. The van der Waals surface area contributed by atoms with Crippen molar-refractivity contribution in [1.29, 1.82) is 0 Å². The Morgan fingerprint density at radius 1 is 1.00 bits per heavy atom. The van der Waals surface area contributed by atoms with Gasteiger partial charge in [0.2, 0.25) is 0 Å². The van der Waals surface area contributed by atoms with Crippen molar-refractivity contribution in [2.24, 2.45) is 0 Å². The fourth-order valence-electron chi connectivity index (χ4n) is 1.66. The van der Waals surface area contributed by atoms with Crippen LogP contribution in [0.1, 0.15) is 11.3 Å². The second-order valence-electron chi connectivity index (χ2n) is 3.77. The molecule has 1 aromatic heterocycles. The number of hydrogen-bond acceptors (Lipinski definition) is 1. The standard InChI is InChI=1S/C11H4Cl4F3N/c1-3-7(14)6-8(15)4(12)2-5(13)9(6)19-10(3)11(16,17)18/h2H,1H3. The normalized spacial score (nSPS) is 12.2. The molecule has 0 N–H and O–H groups in total. The van der Waals surface area contributed by atoms with Crippen LogP contribution in [0.3, 0.4) is 0 Å². The van der Waals surface area contributed by atoms with Gasteiger partial charge in [-0.05, 0) is 18.6 Å². The van der Waals surface area contributed by atoms with Crippen molar-refractivity contribution in [2.75, 3.05) is 0 Å². The molecule has 2 rings (SSSR count). The summed E-state index contributed by atoms with van der Waals surface area (Å²) in [6, 6.07) is 1.23. The Morgan fingerprint density at radius 3 is 2.11 bits per heavy atom. The number of hydrogen-bond donors (Lipinski definition) is 0. The zero-order valence-corrected chi connectivity index (χ0v) is 12.2. The maximum absolute atomic E-state index is 12.8. The lowest BCUT2D eigenvalue weighted by atomic mass is 10.1. The predicted octanol–water partition coefficient (Wildman–Crippen LogP) is 6.18. The Bertz CT molecular complexity index is 682. The number of pyridine rings is 1. The summed E-state index contributed by atoms with van der Waals surface area (Å²) in [7, 11) is 0. The molecular formula is C11H4Cl4F3N. The summed E-state index contributed by atoms with van der Waals surface area (Å²) in [6.07, 6.45) is -4.63. The molecule has 8 heteroatoms. The highest BCUT2D eigenvalue weighted by Crippen LogP contribution is 2.43. The Morgan fingerprint density at radius 2 is 1.58 bits per heavy atom. The van der Waals surface area contributed by atoms with Crippen molar-refractivity contribution in [3.05, 3.63) is 37.4 Å². The van der Waals surface area contributed by atoms with Gasteiger partial charge in [0.1, 0.15) is 5.69 Å². The molecular weight excluding hydrogens is 345 g/mol. The first-order valence-corrected chi connectivity index (χ1v) is 6.36. The van der Waals surface area contributed by atoms with Crippen molar-refractivity contribution in [2.45, 2.75) is 13.1 Å². The summed E-state index contributed by atoms with van der Waals surface area (Å²) >= 11 is 23.6. The number of alkyl halides is 3. The smallest absolute Gasteiger partial charge is 0.241 e. The van der Waals surface area contributed by atoms with Crippen LogP contribution in [0.4, 0.5) is 13.2 Å². The van der Waals surface area contributed by atoms with Crippen LogP contribution in [-0.2, 0) is 6.18 Å². The summed E-state index contributed by atoms with van der Waals surface area (Å²) in [5.41, 5.74) is -1.44. The van der Waals surface area contributed by atoms with Crippen LogP contribution in [-0.4, -0.2) is 4.98 Å². The minimum absolute atomic E-state index is 0.0235. The molecule has 1 heterocycles. The monoisotopic (exact) mass is 347 g/mol. The second-order valence-corrected chi connectivity index (χ2v) is 5.35. The molecule has 102 valence electrons. The third-order valence-electron chi connectivity index (χ3n) is 2.54. The zero-order valence-electron chi connectivity index (χ0n) is 9.17. The van der Waals surface area contributed by atoms with E-state index in [9.17, 15) is 13.2 Å². The number of nitrogens with zero attached hydrogens (tertiary/aromatic N) is 1. The highest BCUT2D eigenvalue weighted by molar-refractivity contribution is 6.50. The van der Waals surface area contributed by atoms with E-state index in [1.807, 2.05) is 0 Å². The van der Waals surface area contributed by atoms with Gasteiger partial charge in [-0.3, -0.25) is 0 Å². The third-order valence-corrected chi connectivity index (χ3v) is 4.09. The molecule has 0 aliphatic carbocycles. The summed E-state index contributed by atoms with van der Waals surface area (Å²) < 4.78 is 38.5. The molecule has 1 aromatic carbocycles. The minimum Gasteiger partial charge on any atom is -0.241 e. The van der Waals surface area contributed by atoms with Gasteiger partial charge in [0, 0.05) is 5.39 Å². The van der Waals surface area contributed by atoms with E-state index in [4.69, 9.17) is 46.4 Å². The fraction of sp³-hybridized carbons (Fsp3) is 0.182. The van der Waals surface area contributed by atoms with Gasteiger partial charge in [-0.1, -0.05) is 46.4 Å². The van der Waals surface area contributed by atoms with Crippen LogP contribution in [0.25, 0.3) is 10.9 Å². The Labute approximate surface area is 126 Å². The van der Waals surface area contributed by atoms with Crippen molar-refractivity contribution in [3.63, 3.8) is 0 Å². The van der Waals surface area contributed by atoms with E-state index in [-0.39, 0.29) is 36.6 Å². The molecule has 0 spiro atoms. The Kier molecular flexibility index (Phi) is 3.82. The molecule has 0 fully saturated rings. The van der Waals surface area contributed by atoms with E-state index in [1.54, 1.807) is 0 Å². The molecule has 0 unspecified atom stereocenters. The lowest BCUT2D eigenvalue weighted by Gasteiger charge is -2.14. The van der Waals surface area contributed by atoms with Gasteiger partial charge in [-0.25, -0.2) is 4.98 Å². The van der Waals surface area contributed by atoms with Crippen molar-refractivity contribution in [1.82, 2.24) is 4.98 Å². The maximum atomic E-state index is 12.8. The summed E-state index contributed by atoms with van der Waals surface area (Å²) in [4.78, 5) is 3.52. The Balaban J connectivity index is 3.01. The molecule has 0 saturated carbocycles. The lowest BCUT2D eigenvalue weighted by Crippen LogP contribution is -2.11. The average Bonchev–Trinajstić information content (AvgIpc) is 2.28. The molecule has 0 amide bonds. The van der Waals surface area contributed by atoms with Crippen LogP contribution < -0.4 is 0 Å². The molecule has 19 heavy (non-hydrogen) atoms. The van der Waals surface area contributed by atoms with Crippen LogP contribution in [0.2, 0.25) is 20.1 Å². The van der Waals surface area contributed by atoms with Gasteiger partial charge >= 0.3 is 6.18 Å². The van der Waals surface area contributed by atoms with Crippen LogP contribution >= 0.6 is 46.4 Å². The SMILES string of the molecule is Cc1c(C(F)(F)F)nc2c(Cl)cc(Cl)c(Cl)c2c1Cl. The third kappa shape index (κ3) is 2.47. The van der Waals surface area contributed by atoms with E-state index >= 15 is 0 Å². The molecule has 2 aromatic rings. The lowest BCUT2D eigenvalue weighted by molar-refractivity contribution is -0.141. The molecule has 0 bridgehead atoms. The number of halogens is 7. The number of rotatable bonds is 0. The van der Waals surface area contributed by atoms with Crippen molar-refractivity contribution >= 4 is 57.3 Å². The molecule has 1 nitrogen and oxygen atoms in total. The van der Waals surface area contributed by atoms with Gasteiger partial charge in [-0.2, -0.15) is 13.2 Å². The number of benzene rings is 1. The summed E-state index contributed by atoms with van der Waals surface area (Å²) in [5, 5.41) is 0.0345. The maximum Gasteiger partial charge on any atom is 0.433 e. The molecule has 0 atom stereocenters. The minimum atomic E-state index is -4.63. The first kappa shape index (κ1) is 15.0. The summed E-state index contributed by atoms with van der Waals surface area (Å²) in [5.74, 6) is 0. The van der Waals surface area contributed by atoms with Crippen molar-refractivity contribution in [3.8, 4) is 0 Å². The van der Waals surface area contributed by atoms with E-state index in [0.29, 0.717) is 0 Å². The average molecular weight is 349 g/mol. The van der Waals surface area contributed by atoms with Gasteiger partial charge in [0.25, 0.3) is 0 Å². The van der Waals surface area contributed by atoms with Gasteiger partial charge < -0.3 is 0 Å². The van der Waals surface area contributed by atoms with Gasteiger partial charge in [0.05, 0.1) is 25.6 Å². The molecule has 0 aliphatic heterocycles. The molecule has 0 saturated heterocycles. The summed E-state index contributed by atoms with van der Waals surface area (Å²) in [6.45, 7) is 1.21. The Hall–Kier alpha value is -0.420. The molecule has 0 aliphatic rings. The number of fused-ring (bicyclic) bond motifs is 1. The van der Waals surface area contributed by atoms with E-state index in [1.165, 1.54) is 13.0 Å². The van der Waals surface area contributed by atoms with E-state index in [2.05, 4.69) is 4.98 Å².